The van der Waals surface area contributed by atoms with Gasteiger partial charge < -0.3 is 9.13 Å². The number of aromatic nitrogens is 2. The van der Waals surface area contributed by atoms with Gasteiger partial charge in [0.15, 0.2) is 0 Å². The van der Waals surface area contributed by atoms with Crippen molar-refractivity contribution in [2.24, 2.45) is 0 Å². The molecule has 0 N–H and O–H groups in total. The van der Waals surface area contributed by atoms with Crippen molar-refractivity contribution < 1.29 is 0 Å². The highest BCUT2D eigenvalue weighted by Crippen LogP contribution is 2.48. The van der Waals surface area contributed by atoms with Crippen LogP contribution in [0.2, 0.25) is 0 Å². The first-order valence-corrected chi connectivity index (χ1v) is 23.4. The molecule has 2 heterocycles. The Balaban J connectivity index is 1.02. The molecule has 0 saturated heterocycles. The highest BCUT2D eigenvalue weighted by atomic mass is 15.0. The molecule has 318 valence electrons. The van der Waals surface area contributed by atoms with Crippen molar-refractivity contribution in [3.63, 3.8) is 0 Å². The van der Waals surface area contributed by atoms with Gasteiger partial charge in [0.1, 0.15) is 0 Å². The Morgan fingerprint density at radius 2 is 0.515 bits per heavy atom. The van der Waals surface area contributed by atoms with Gasteiger partial charge in [-0.3, -0.25) is 0 Å². The normalized spacial score (nSPS) is 11.5. The SMILES string of the molecule is c1ccc(-c2ccc(-c3ccc(-c4ccc(-n5c6ccccc6c6ccccc65)cc4)cc3-c3ccc(-n4c5ccccc5c5ccccc54)cc3)c(-c3ccccc3)c2-c2ccccc2)cc1. The smallest absolute Gasteiger partial charge is 0.0541 e. The van der Waals surface area contributed by atoms with Crippen LogP contribution >= 0.6 is 0 Å². The van der Waals surface area contributed by atoms with E-state index in [0.717, 1.165) is 28.1 Å². The Morgan fingerprint density at radius 1 is 0.191 bits per heavy atom. The molecule has 0 fully saturated rings. The molecule has 11 aromatic carbocycles. The summed E-state index contributed by atoms with van der Waals surface area (Å²) in [6.07, 6.45) is 0. The zero-order chi connectivity index (χ0) is 45.0. The zero-order valence-corrected chi connectivity index (χ0v) is 37.3. The maximum Gasteiger partial charge on any atom is 0.0541 e. The average molecular weight is 865 g/mol. The molecule has 2 heteroatoms. The molecule has 13 aromatic rings. The van der Waals surface area contributed by atoms with Crippen LogP contribution in [0.15, 0.2) is 267 Å². The van der Waals surface area contributed by atoms with Gasteiger partial charge in [0.2, 0.25) is 0 Å². The maximum absolute atomic E-state index is 2.41. The summed E-state index contributed by atoms with van der Waals surface area (Å²) in [5.74, 6) is 0. The summed E-state index contributed by atoms with van der Waals surface area (Å²) in [6, 6.07) is 97.5. The number of hydrogen-bond donors (Lipinski definition) is 0. The molecule has 0 unspecified atom stereocenters. The summed E-state index contributed by atoms with van der Waals surface area (Å²) >= 11 is 0. The standard InChI is InChI=1S/C66H44N2/c1-4-18-46(19-5-1)53-42-43-59(66(49-22-8-3-9-23-49)65(53)48-20-6-2-7-21-48)54-41-36-50(45-32-37-51(38-33-45)67-61-28-14-10-24-55(61)56-25-11-15-29-62(56)67)44-60(54)47-34-39-52(40-35-47)68-63-30-16-12-26-57(63)58-27-13-17-31-64(58)68/h1-44H. The summed E-state index contributed by atoms with van der Waals surface area (Å²) in [7, 11) is 0. The van der Waals surface area contributed by atoms with E-state index < -0.39 is 0 Å². The van der Waals surface area contributed by atoms with Crippen LogP contribution in [0.1, 0.15) is 0 Å². The summed E-state index contributed by atoms with van der Waals surface area (Å²) in [5.41, 5.74) is 21.3. The van der Waals surface area contributed by atoms with E-state index in [4.69, 9.17) is 0 Å². The Hall–Kier alpha value is -8.98. The molecule has 0 bridgehead atoms. The van der Waals surface area contributed by atoms with Crippen molar-refractivity contribution in [2.75, 3.05) is 0 Å². The van der Waals surface area contributed by atoms with Crippen LogP contribution in [0, 0.1) is 0 Å². The minimum atomic E-state index is 1.13. The minimum Gasteiger partial charge on any atom is -0.309 e. The Bertz CT molecular complexity index is 3870. The van der Waals surface area contributed by atoms with Crippen LogP contribution in [-0.4, -0.2) is 9.13 Å². The molecular formula is C66H44N2. The van der Waals surface area contributed by atoms with Crippen LogP contribution in [0.5, 0.6) is 0 Å². The van der Waals surface area contributed by atoms with Crippen molar-refractivity contribution in [1.29, 1.82) is 0 Å². The van der Waals surface area contributed by atoms with Crippen molar-refractivity contribution in [3.05, 3.63) is 267 Å². The lowest BCUT2D eigenvalue weighted by atomic mass is 9.81. The fourth-order valence-corrected chi connectivity index (χ4v) is 10.7. The van der Waals surface area contributed by atoms with E-state index in [2.05, 4.69) is 276 Å². The highest BCUT2D eigenvalue weighted by molar-refractivity contribution is 6.10. The first-order chi connectivity index (χ1) is 33.8. The fraction of sp³-hybridized carbons (Fsp3) is 0. The van der Waals surface area contributed by atoms with E-state index in [1.807, 2.05) is 0 Å². The van der Waals surface area contributed by atoms with Crippen LogP contribution in [0.3, 0.4) is 0 Å². The van der Waals surface area contributed by atoms with Crippen molar-refractivity contribution in [3.8, 4) is 78.1 Å². The molecular weight excluding hydrogens is 821 g/mol. The number of rotatable bonds is 8. The van der Waals surface area contributed by atoms with Gasteiger partial charge in [0.25, 0.3) is 0 Å². The number of hydrogen-bond acceptors (Lipinski definition) is 0. The maximum atomic E-state index is 2.41. The third kappa shape index (κ3) is 6.57. The summed E-state index contributed by atoms with van der Waals surface area (Å²) in [6.45, 7) is 0. The van der Waals surface area contributed by atoms with Crippen molar-refractivity contribution in [2.45, 2.75) is 0 Å². The van der Waals surface area contributed by atoms with Gasteiger partial charge >= 0.3 is 0 Å². The van der Waals surface area contributed by atoms with E-state index in [-0.39, 0.29) is 0 Å². The molecule has 0 aliphatic rings. The van der Waals surface area contributed by atoms with E-state index in [9.17, 15) is 0 Å². The lowest BCUT2D eigenvalue weighted by Gasteiger charge is -2.22. The molecule has 0 atom stereocenters. The molecule has 0 saturated carbocycles. The third-order valence-electron chi connectivity index (χ3n) is 13.8. The lowest BCUT2D eigenvalue weighted by Crippen LogP contribution is -1.97. The monoisotopic (exact) mass is 864 g/mol. The second kappa shape index (κ2) is 16.5. The van der Waals surface area contributed by atoms with E-state index >= 15 is 0 Å². The number of fused-ring (bicyclic) bond motifs is 6. The van der Waals surface area contributed by atoms with Gasteiger partial charge in [-0.25, -0.2) is 0 Å². The zero-order valence-electron chi connectivity index (χ0n) is 37.3. The van der Waals surface area contributed by atoms with E-state index in [1.165, 1.54) is 93.7 Å². The highest BCUT2D eigenvalue weighted by Gasteiger charge is 2.22. The molecule has 13 rings (SSSR count). The molecule has 0 radical (unpaired) electrons. The first-order valence-electron chi connectivity index (χ1n) is 23.4. The van der Waals surface area contributed by atoms with Gasteiger partial charge in [-0.15, -0.1) is 0 Å². The predicted octanol–water partition coefficient (Wildman–Crippen LogP) is 17.9. The number of benzene rings is 11. The second-order valence-corrected chi connectivity index (χ2v) is 17.6. The Morgan fingerprint density at radius 3 is 0.971 bits per heavy atom. The van der Waals surface area contributed by atoms with Crippen LogP contribution in [-0.2, 0) is 0 Å². The van der Waals surface area contributed by atoms with Crippen LogP contribution in [0.25, 0.3) is 122 Å². The second-order valence-electron chi connectivity index (χ2n) is 17.6. The van der Waals surface area contributed by atoms with Gasteiger partial charge in [0.05, 0.1) is 22.1 Å². The van der Waals surface area contributed by atoms with Crippen molar-refractivity contribution >= 4 is 43.6 Å². The van der Waals surface area contributed by atoms with Crippen molar-refractivity contribution in [1.82, 2.24) is 9.13 Å². The summed E-state index contributed by atoms with van der Waals surface area (Å²) < 4.78 is 4.78. The molecule has 0 aliphatic carbocycles. The molecule has 68 heavy (non-hydrogen) atoms. The summed E-state index contributed by atoms with van der Waals surface area (Å²) in [4.78, 5) is 0. The topological polar surface area (TPSA) is 9.86 Å². The molecule has 0 amide bonds. The molecule has 2 aromatic heterocycles. The third-order valence-corrected chi connectivity index (χ3v) is 13.8. The first kappa shape index (κ1) is 39.4. The van der Waals surface area contributed by atoms with Gasteiger partial charge in [-0.05, 0) is 121 Å². The van der Waals surface area contributed by atoms with Gasteiger partial charge in [-0.1, -0.05) is 212 Å². The van der Waals surface area contributed by atoms with Crippen LogP contribution in [0.4, 0.5) is 0 Å². The fourth-order valence-electron chi connectivity index (χ4n) is 10.7. The van der Waals surface area contributed by atoms with E-state index in [1.54, 1.807) is 0 Å². The Kier molecular flexibility index (Phi) is 9.54. The lowest BCUT2D eigenvalue weighted by molar-refractivity contribution is 1.18. The minimum absolute atomic E-state index is 1.13. The Labute approximate surface area is 395 Å². The van der Waals surface area contributed by atoms with Crippen LogP contribution < -0.4 is 0 Å². The average Bonchev–Trinajstić information content (AvgIpc) is 3.94. The molecule has 2 nitrogen and oxygen atoms in total. The van der Waals surface area contributed by atoms with E-state index in [0.29, 0.717) is 0 Å². The quantitative estimate of drug-likeness (QED) is 0.144. The molecule has 0 spiro atoms. The molecule has 0 aliphatic heterocycles. The number of para-hydroxylation sites is 4. The van der Waals surface area contributed by atoms with Gasteiger partial charge in [0, 0.05) is 32.9 Å². The van der Waals surface area contributed by atoms with Gasteiger partial charge in [-0.2, -0.15) is 0 Å². The summed E-state index contributed by atoms with van der Waals surface area (Å²) in [5, 5.41) is 5.04. The largest absolute Gasteiger partial charge is 0.309 e. The predicted molar refractivity (Wildman–Crippen MR) is 288 cm³/mol. The number of nitrogens with zero attached hydrogens (tertiary/aromatic N) is 2.